The number of ether oxygens (including phenoxy) is 2. The highest BCUT2D eigenvalue weighted by atomic mass is 16.5. The van der Waals surface area contributed by atoms with Gasteiger partial charge in [-0.3, -0.25) is 0 Å². The number of carbonyl (C=O) groups is 1. The Morgan fingerprint density at radius 2 is 1.90 bits per heavy atom. The van der Waals surface area contributed by atoms with Gasteiger partial charge in [-0.2, -0.15) is 0 Å². The summed E-state index contributed by atoms with van der Waals surface area (Å²) < 4.78 is 10.3. The first-order valence-corrected chi connectivity index (χ1v) is 7.19. The van der Waals surface area contributed by atoms with Gasteiger partial charge >= 0.3 is 5.97 Å². The molecule has 1 rings (SSSR count). The molecular formula is C16H25NO3. The number of rotatable bonds is 8. The van der Waals surface area contributed by atoms with E-state index in [2.05, 4.69) is 19.2 Å². The zero-order valence-corrected chi connectivity index (χ0v) is 12.8. The van der Waals surface area contributed by atoms with Crippen LogP contribution in [0.2, 0.25) is 0 Å². The highest BCUT2D eigenvalue weighted by Crippen LogP contribution is 2.20. The average Bonchev–Trinajstić information content (AvgIpc) is 2.45. The highest BCUT2D eigenvalue weighted by Gasteiger charge is 2.25. The van der Waals surface area contributed by atoms with Gasteiger partial charge in [0.05, 0.1) is 13.7 Å². The monoisotopic (exact) mass is 279 g/mol. The Bertz CT molecular complexity index is 403. The van der Waals surface area contributed by atoms with Crippen LogP contribution in [-0.2, 0) is 9.53 Å². The molecule has 4 nitrogen and oxygen atoms in total. The number of carbonyl (C=O) groups excluding carboxylic acids is 1. The van der Waals surface area contributed by atoms with Crippen LogP contribution in [0.5, 0.6) is 5.75 Å². The fourth-order valence-corrected chi connectivity index (χ4v) is 2.15. The fraction of sp³-hybridized carbons (Fsp3) is 0.562. The first-order valence-electron chi connectivity index (χ1n) is 7.19. The molecule has 1 N–H and O–H groups in total. The number of hydrogen-bond donors (Lipinski definition) is 1. The number of benzene rings is 1. The van der Waals surface area contributed by atoms with Gasteiger partial charge in [0.25, 0.3) is 0 Å². The second-order valence-corrected chi connectivity index (χ2v) is 4.87. The highest BCUT2D eigenvalue weighted by molar-refractivity contribution is 5.79. The minimum atomic E-state index is -0.316. The van der Waals surface area contributed by atoms with Gasteiger partial charge in [0, 0.05) is 5.69 Å². The summed E-state index contributed by atoms with van der Waals surface area (Å²) in [6.45, 7) is 6.42. The maximum absolute atomic E-state index is 12.1. The summed E-state index contributed by atoms with van der Waals surface area (Å²) in [5.74, 6) is 0.829. The molecule has 0 aliphatic heterocycles. The summed E-state index contributed by atoms with van der Waals surface area (Å²) in [5, 5.41) is 3.27. The van der Waals surface area contributed by atoms with Gasteiger partial charge in [-0.15, -0.1) is 0 Å². The second-order valence-electron chi connectivity index (χ2n) is 4.87. The molecule has 0 fully saturated rings. The van der Waals surface area contributed by atoms with Crippen molar-refractivity contribution in [2.45, 2.75) is 39.7 Å². The summed E-state index contributed by atoms with van der Waals surface area (Å²) in [4.78, 5) is 12.1. The van der Waals surface area contributed by atoms with Crippen LogP contribution in [0.3, 0.4) is 0 Å². The summed E-state index contributed by atoms with van der Waals surface area (Å²) >= 11 is 0. The van der Waals surface area contributed by atoms with E-state index < -0.39 is 0 Å². The lowest BCUT2D eigenvalue weighted by Gasteiger charge is -2.24. The van der Waals surface area contributed by atoms with E-state index in [1.54, 1.807) is 7.11 Å². The molecule has 0 radical (unpaired) electrons. The third-order valence-corrected chi connectivity index (χ3v) is 3.27. The lowest BCUT2D eigenvalue weighted by molar-refractivity contribution is -0.145. The molecule has 4 heteroatoms. The molecule has 0 saturated heterocycles. The smallest absolute Gasteiger partial charge is 0.328 e. The fourth-order valence-electron chi connectivity index (χ4n) is 2.15. The van der Waals surface area contributed by atoms with Crippen molar-refractivity contribution in [3.63, 3.8) is 0 Å². The van der Waals surface area contributed by atoms with E-state index in [4.69, 9.17) is 9.47 Å². The first-order chi connectivity index (χ1) is 9.62. The van der Waals surface area contributed by atoms with Crippen LogP contribution in [0.4, 0.5) is 5.69 Å². The molecule has 0 aliphatic rings. The van der Waals surface area contributed by atoms with Crippen molar-refractivity contribution in [1.82, 2.24) is 0 Å². The summed E-state index contributed by atoms with van der Waals surface area (Å²) in [7, 11) is 1.63. The maximum atomic E-state index is 12.1. The van der Waals surface area contributed by atoms with E-state index >= 15 is 0 Å². The number of anilines is 1. The van der Waals surface area contributed by atoms with Crippen LogP contribution in [0.1, 0.15) is 33.6 Å². The van der Waals surface area contributed by atoms with Crippen LogP contribution in [0.15, 0.2) is 24.3 Å². The van der Waals surface area contributed by atoms with Crippen LogP contribution in [-0.4, -0.2) is 25.7 Å². The van der Waals surface area contributed by atoms with E-state index in [-0.39, 0.29) is 17.9 Å². The lowest BCUT2D eigenvalue weighted by Crippen LogP contribution is -2.37. The summed E-state index contributed by atoms with van der Waals surface area (Å²) in [6.07, 6.45) is 2.02. The second kappa shape index (κ2) is 8.46. The summed E-state index contributed by atoms with van der Waals surface area (Å²) in [5.41, 5.74) is 0.895. The van der Waals surface area contributed by atoms with E-state index in [1.807, 2.05) is 31.2 Å². The molecule has 0 heterocycles. The van der Waals surface area contributed by atoms with Gasteiger partial charge in [-0.25, -0.2) is 4.79 Å². The minimum absolute atomic E-state index is 0.190. The van der Waals surface area contributed by atoms with Gasteiger partial charge in [0.15, 0.2) is 0 Å². The van der Waals surface area contributed by atoms with Crippen LogP contribution < -0.4 is 10.1 Å². The largest absolute Gasteiger partial charge is 0.497 e. The lowest BCUT2D eigenvalue weighted by atomic mass is 9.96. The number of nitrogens with one attached hydrogen (secondary N) is 1. The Balaban J connectivity index is 2.78. The Morgan fingerprint density at radius 3 is 2.40 bits per heavy atom. The van der Waals surface area contributed by atoms with Crippen LogP contribution >= 0.6 is 0 Å². The molecule has 2 atom stereocenters. The average molecular weight is 279 g/mol. The molecule has 1 aromatic rings. The predicted octanol–water partition coefficient (Wildman–Crippen LogP) is 3.48. The third kappa shape index (κ3) is 4.76. The number of esters is 1. The van der Waals surface area contributed by atoms with Gasteiger partial charge < -0.3 is 14.8 Å². The molecule has 112 valence electrons. The van der Waals surface area contributed by atoms with Crippen molar-refractivity contribution in [3.8, 4) is 5.75 Å². The molecule has 2 unspecified atom stereocenters. The van der Waals surface area contributed by atoms with Crippen molar-refractivity contribution in [2.75, 3.05) is 19.0 Å². The van der Waals surface area contributed by atoms with Crippen molar-refractivity contribution in [2.24, 2.45) is 5.92 Å². The van der Waals surface area contributed by atoms with Gasteiger partial charge in [0.2, 0.25) is 0 Å². The van der Waals surface area contributed by atoms with Gasteiger partial charge in [0.1, 0.15) is 11.8 Å². The Labute approximate surface area is 121 Å². The SMILES string of the molecule is CCCC(C)C(Nc1ccc(OC)cc1)C(=O)OCC. The first kappa shape index (κ1) is 16.3. The van der Waals surface area contributed by atoms with Crippen LogP contribution in [0.25, 0.3) is 0 Å². The number of methoxy groups -OCH3 is 1. The number of hydrogen-bond acceptors (Lipinski definition) is 4. The van der Waals surface area contributed by atoms with Gasteiger partial charge in [-0.05, 0) is 43.5 Å². The van der Waals surface area contributed by atoms with Crippen molar-refractivity contribution in [3.05, 3.63) is 24.3 Å². The molecular weight excluding hydrogens is 254 g/mol. The molecule has 0 amide bonds. The van der Waals surface area contributed by atoms with Crippen molar-refractivity contribution >= 4 is 11.7 Å². The van der Waals surface area contributed by atoms with Crippen molar-refractivity contribution in [1.29, 1.82) is 0 Å². The zero-order chi connectivity index (χ0) is 15.0. The standard InChI is InChI=1S/C16H25NO3/c1-5-7-12(3)15(16(18)20-6-2)17-13-8-10-14(19-4)11-9-13/h8-12,15,17H,5-7H2,1-4H3. The molecule has 0 spiro atoms. The molecule has 0 bridgehead atoms. The van der Waals surface area contributed by atoms with Gasteiger partial charge in [-0.1, -0.05) is 20.3 Å². The van der Waals surface area contributed by atoms with Crippen molar-refractivity contribution < 1.29 is 14.3 Å². The molecule has 0 aliphatic carbocycles. The molecule has 1 aromatic carbocycles. The normalized spacial score (nSPS) is 13.4. The maximum Gasteiger partial charge on any atom is 0.328 e. The summed E-state index contributed by atoms with van der Waals surface area (Å²) in [6, 6.07) is 7.24. The molecule has 0 saturated carbocycles. The third-order valence-electron chi connectivity index (χ3n) is 3.27. The Hall–Kier alpha value is -1.71. The molecule has 0 aromatic heterocycles. The van der Waals surface area contributed by atoms with E-state index in [9.17, 15) is 4.79 Å². The van der Waals surface area contributed by atoms with E-state index in [0.29, 0.717) is 6.61 Å². The molecule has 20 heavy (non-hydrogen) atoms. The predicted molar refractivity (Wildman–Crippen MR) is 81.1 cm³/mol. The van der Waals surface area contributed by atoms with E-state index in [1.165, 1.54) is 0 Å². The minimum Gasteiger partial charge on any atom is -0.497 e. The Morgan fingerprint density at radius 1 is 1.25 bits per heavy atom. The zero-order valence-electron chi connectivity index (χ0n) is 12.8. The Kier molecular flexibility index (Phi) is 6.91. The van der Waals surface area contributed by atoms with Crippen LogP contribution in [0, 0.1) is 5.92 Å². The quantitative estimate of drug-likeness (QED) is 0.740. The van der Waals surface area contributed by atoms with E-state index in [0.717, 1.165) is 24.3 Å². The topological polar surface area (TPSA) is 47.6 Å².